The first-order chi connectivity index (χ1) is 14.0. The molecule has 3 heterocycles. The Bertz CT molecular complexity index is 1230. The van der Waals surface area contributed by atoms with Crippen LogP contribution in [-0.2, 0) is 0 Å². The Labute approximate surface area is 171 Å². The van der Waals surface area contributed by atoms with Crippen molar-refractivity contribution in [1.82, 2.24) is 19.3 Å². The zero-order chi connectivity index (χ0) is 20.5. The van der Waals surface area contributed by atoms with Crippen molar-refractivity contribution in [3.05, 3.63) is 70.2 Å². The van der Waals surface area contributed by atoms with Gasteiger partial charge in [0.15, 0.2) is 11.2 Å². The third-order valence-corrected chi connectivity index (χ3v) is 4.97. The second kappa shape index (κ2) is 7.57. The summed E-state index contributed by atoms with van der Waals surface area (Å²) in [5.41, 5.74) is 7.63. The van der Waals surface area contributed by atoms with Crippen LogP contribution in [0.15, 0.2) is 59.8 Å². The fourth-order valence-corrected chi connectivity index (χ4v) is 3.37. The Balaban J connectivity index is 1.88. The molecule has 1 aromatic carbocycles. The van der Waals surface area contributed by atoms with E-state index in [9.17, 15) is 4.79 Å². The lowest BCUT2D eigenvalue weighted by molar-refractivity contribution is 0.304. The van der Waals surface area contributed by atoms with Gasteiger partial charge in [-0.05, 0) is 24.3 Å². The Hall–Kier alpha value is -3.36. The highest BCUT2D eigenvalue weighted by Crippen LogP contribution is 2.27. The summed E-state index contributed by atoms with van der Waals surface area (Å²) in [5.74, 6) is 1.11. The van der Waals surface area contributed by atoms with Gasteiger partial charge in [-0.3, -0.25) is 4.79 Å². The van der Waals surface area contributed by atoms with Crippen LogP contribution in [0.3, 0.4) is 0 Å². The van der Waals surface area contributed by atoms with Gasteiger partial charge in [0.25, 0.3) is 0 Å². The summed E-state index contributed by atoms with van der Waals surface area (Å²) in [5, 5.41) is 14.6. The molecule has 0 atom stereocenters. The lowest BCUT2D eigenvalue weighted by Crippen LogP contribution is -2.21. The second-order valence-corrected chi connectivity index (χ2v) is 6.98. The van der Waals surface area contributed by atoms with Crippen molar-refractivity contribution in [2.75, 3.05) is 30.8 Å². The van der Waals surface area contributed by atoms with E-state index in [0.29, 0.717) is 39.8 Å². The molecule has 0 aliphatic carbocycles. The molecule has 0 aliphatic heterocycles. The largest absolute Gasteiger partial charge is 0.395 e. The SMILES string of the molecule is CN(CCO)c1ccn(-c2cc3c(cc2Cl)c(=O)ccn3-c2ccc(N)nc2)n1. The maximum atomic E-state index is 12.4. The van der Waals surface area contributed by atoms with E-state index in [1.165, 1.54) is 6.07 Å². The molecule has 0 amide bonds. The molecule has 0 saturated carbocycles. The average molecular weight is 411 g/mol. The summed E-state index contributed by atoms with van der Waals surface area (Å²) >= 11 is 6.49. The number of pyridine rings is 2. The van der Waals surface area contributed by atoms with Gasteiger partial charge in [0.2, 0.25) is 0 Å². The molecular weight excluding hydrogens is 392 g/mol. The van der Waals surface area contributed by atoms with Crippen molar-refractivity contribution in [2.24, 2.45) is 0 Å². The predicted molar refractivity (Wildman–Crippen MR) is 114 cm³/mol. The summed E-state index contributed by atoms with van der Waals surface area (Å²) in [6.07, 6.45) is 5.12. The third kappa shape index (κ3) is 3.55. The van der Waals surface area contributed by atoms with Crippen LogP contribution in [0.5, 0.6) is 0 Å². The number of hydrogen-bond acceptors (Lipinski definition) is 6. The molecule has 0 saturated heterocycles. The van der Waals surface area contributed by atoms with E-state index in [4.69, 9.17) is 22.4 Å². The Morgan fingerprint density at radius 1 is 1.21 bits per heavy atom. The van der Waals surface area contributed by atoms with Crippen LogP contribution >= 0.6 is 11.6 Å². The number of aromatic nitrogens is 4. The number of nitrogens with two attached hydrogens (primary N) is 1. The standard InChI is InChI=1S/C20H19ClN6O2/c1-25(8-9-28)20-5-7-27(24-20)17-11-16-14(10-15(17)21)18(29)4-6-26(16)13-2-3-19(22)23-12-13/h2-7,10-12,28H,8-9H2,1H3,(H2,22,23). The minimum absolute atomic E-state index is 0.0298. The molecule has 4 rings (SSSR count). The third-order valence-electron chi connectivity index (χ3n) is 4.66. The summed E-state index contributed by atoms with van der Waals surface area (Å²) < 4.78 is 3.50. The number of likely N-dealkylation sites (N-methyl/N-ethyl adjacent to an activating group) is 1. The van der Waals surface area contributed by atoms with Gasteiger partial charge in [-0.2, -0.15) is 5.10 Å². The summed E-state index contributed by atoms with van der Waals surface area (Å²) in [7, 11) is 1.84. The highest BCUT2D eigenvalue weighted by atomic mass is 35.5. The molecule has 4 aromatic rings. The molecule has 3 aromatic heterocycles. The van der Waals surface area contributed by atoms with Crippen LogP contribution in [0, 0.1) is 0 Å². The van der Waals surface area contributed by atoms with Crippen molar-refractivity contribution >= 4 is 34.1 Å². The lowest BCUT2D eigenvalue weighted by atomic mass is 10.1. The number of anilines is 2. The normalized spacial score (nSPS) is 11.1. The van der Waals surface area contributed by atoms with Crippen LogP contribution in [0.2, 0.25) is 5.02 Å². The fraction of sp³-hybridized carbons (Fsp3) is 0.150. The van der Waals surface area contributed by atoms with Gasteiger partial charge >= 0.3 is 0 Å². The van der Waals surface area contributed by atoms with Gasteiger partial charge in [-0.25, -0.2) is 9.67 Å². The number of benzene rings is 1. The highest BCUT2D eigenvalue weighted by molar-refractivity contribution is 6.33. The molecule has 0 fully saturated rings. The Morgan fingerprint density at radius 3 is 2.76 bits per heavy atom. The fourth-order valence-electron chi connectivity index (χ4n) is 3.12. The molecule has 0 bridgehead atoms. The molecule has 29 heavy (non-hydrogen) atoms. The van der Waals surface area contributed by atoms with Crippen molar-refractivity contribution in [1.29, 1.82) is 0 Å². The number of fused-ring (bicyclic) bond motifs is 1. The van der Waals surface area contributed by atoms with Crippen molar-refractivity contribution in [3.8, 4) is 11.4 Å². The van der Waals surface area contributed by atoms with E-state index in [2.05, 4.69) is 10.1 Å². The predicted octanol–water partition coefficient (Wildman–Crippen LogP) is 2.24. The van der Waals surface area contributed by atoms with Crippen molar-refractivity contribution in [2.45, 2.75) is 0 Å². The van der Waals surface area contributed by atoms with E-state index >= 15 is 0 Å². The van der Waals surface area contributed by atoms with Gasteiger partial charge in [-0.15, -0.1) is 0 Å². The smallest absolute Gasteiger partial charge is 0.189 e. The van der Waals surface area contributed by atoms with Gasteiger partial charge in [0.05, 0.1) is 34.7 Å². The van der Waals surface area contributed by atoms with Gasteiger partial charge in [-0.1, -0.05) is 11.6 Å². The van der Waals surface area contributed by atoms with Gasteiger partial charge < -0.3 is 20.3 Å². The topological polar surface area (TPSA) is 102 Å². The molecule has 148 valence electrons. The van der Waals surface area contributed by atoms with E-state index < -0.39 is 0 Å². The summed E-state index contributed by atoms with van der Waals surface area (Å²) in [6, 6.07) is 10.3. The summed E-state index contributed by atoms with van der Waals surface area (Å²) in [4.78, 5) is 18.4. The van der Waals surface area contributed by atoms with Crippen molar-refractivity contribution in [3.63, 3.8) is 0 Å². The minimum atomic E-state index is -0.128. The molecule has 9 heteroatoms. The number of nitrogen functional groups attached to an aromatic ring is 1. The van der Waals surface area contributed by atoms with Crippen LogP contribution in [0.1, 0.15) is 0 Å². The van der Waals surface area contributed by atoms with E-state index in [-0.39, 0.29) is 12.0 Å². The number of aliphatic hydroxyl groups excluding tert-OH is 1. The first kappa shape index (κ1) is 19.0. The van der Waals surface area contributed by atoms with Crippen LogP contribution in [0.4, 0.5) is 11.6 Å². The van der Waals surface area contributed by atoms with Crippen LogP contribution in [-0.4, -0.2) is 44.6 Å². The number of nitrogens with zero attached hydrogens (tertiary/aromatic N) is 5. The molecule has 0 aliphatic rings. The molecule has 0 spiro atoms. The second-order valence-electron chi connectivity index (χ2n) is 6.58. The zero-order valence-electron chi connectivity index (χ0n) is 15.7. The number of aliphatic hydroxyl groups is 1. The van der Waals surface area contributed by atoms with E-state index in [1.807, 2.05) is 34.7 Å². The Morgan fingerprint density at radius 2 is 2.03 bits per heavy atom. The average Bonchev–Trinajstić information content (AvgIpc) is 3.19. The first-order valence-electron chi connectivity index (χ1n) is 8.93. The maximum Gasteiger partial charge on any atom is 0.189 e. The first-order valence-corrected chi connectivity index (χ1v) is 9.30. The maximum absolute atomic E-state index is 12.4. The van der Waals surface area contributed by atoms with E-state index in [1.54, 1.807) is 35.4 Å². The molecular formula is C20H19ClN6O2. The molecule has 0 radical (unpaired) electrons. The van der Waals surface area contributed by atoms with Crippen LogP contribution < -0.4 is 16.1 Å². The molecule has 0 unspecified atom stereocenters. The lowest BCUT2D eigenvalue weighted by Gasteiger charge is -2.15. The molecule has 3 N–H and O–H groups in total. The number of halogens is 1. The molecule has 8 nitrogen and oxygen atoms in total. The Kier molecular flexibility index (Phi) is 4.96. The summed E-state index contributed by atoms with van der Waals surface area (Å²) in [6.45, 7) is 0.494. The van der Waals surface area contributed by atoms with Gasteiger partial charge in [0.1, 0.15) is 5.82 Å². The quantitative estimate of drug-likeness (QED) is 0.523. The number of rotatable bonds is 5. The van der Waals surface area contributed by atoms with Crippen molar-refractivity contribution < 1.29 is 5.11 Å². The highest BCUT2D eigenvalue weighted by Gasteiger charge is 2.13. The van der Waals surface area contributed by atoms with Crippen LogP contribution in [0.25, 0.3) is 22.3 Å². The zero-order valence-corrected chi connectivity index (χ0v) is 16.4. The van der Waals surface area contributed by atoms with E-state index in [0.717, 1.165) is 5.69 Å². The number of hydrogen-bond donors (Lipinski definition) is 2. The minimum Gasteiger partial charge on any atom is -0.395 e. The monoisotopic (exact) mass is 410 g/mol. The van der Waals surface area contributed by atoms with Gasteiger partial charge in [0, 0.05) is 43.5 Å².